The Balaban J connectivity index is 1.92. The highest BCUT2D eigenvalue weighted by Gasteiger charge is 2.17. The molecule has 0 atom stereocenters. The Morgan fingerprint density at radius 1 is 1.04 bits per heavy atom. The number of aromatic hydroxyl groups is 1. The molecule has 0 aliphatic rings. The molecule has 4 aromatic rings. The van der Waals surface area contributed by atoms with Crippen molar-refractivity contribution in [3.05, 3.63) is 72.2 Å². The average molecular weight is 330 g/mol. The Morgan fingerprint density at radius 3 is 2.56 bits per heavy atom. The normalized spacial score (nSPS) is 11.0. The highest BCUT2D eigenvalue weighted by molar-refractivity contribution is 5.82. The fourth-order valence-corrected chi connectivity index (χ4v) is 3.07. The summed E-state index contributed by atoms with van der Waals surface area (Å²) in [6.45, 7) is 4.14. The van der Waals surface area contributed by atoms with Gasteiger partial charge in [-0.1, -0.05) is 18.2 Å². The second-order valence-electron chi connectivity index (χ2n) is 6.13. The third kappa shape index (κ3) is 2.80. The van der Waals surface area contributed by atoms with Crippen LogP contribution in [0.5, 0.6) is 5.75 Å². The lowest BCUT2D eigenvalue weighted by Crippen LogP contribution is -1.98. The number of hydrogen-bond acceptors (Lipinski definition) is 4. The van der Waals surface area contributed by atoms with Gasteiger partial charge in [0.15, 0.2) is 5.65 Å². The van der Waals surface area contributed by atoms with Crippen LogP contribution in [0, 0.1) is 13.8 Å². The molecule has 0 radical (unpaired) electrons. The number of para-hydroxylation sites is 1. The summed E-state index contributed by atoms with van der Waals surface area (Å²) in [5, 5.41) is 13.7. The monoisotopic (exact) mass is 330 g/mol. The van der Waals surface area contributed by atoms with Crippen LogP contribution in [0.3, 0.4) is 0 Å². The van der Waals surface area contributed by atoms with Crippen molar-refractivity contribution in [1.82, 2.24) is 14.4 Å². The van der Waals surface area contributed by atoms with Crippen molar-refractivity contribution in [1.29, 1.82) is 0 Å². The van der Waals surface area contributed by atoms with Gasteiger partial charge in [-0.15, -0.1) is 0 Å². The number of benzene rings is 2. The van der Waals surface area contributed by atoms with E-state index in [9.17, 15) is 5.11 Å². The molecular weight excluding hydrogens is 312 g/mol. The van der Waals surface area contributed by atoms with E-state index in [-0.39, 0.29) is 5.75 Å². The smallest absolute Gasteiger partial charge is 0.157 e. The highest BCUT2D eigenvalue weighted by atomic mass is 16.3. The Bertz CT molecular complexity index is 1050. The summed E-state index contributed by atoms with van der Waals surface area (Å²) in [5.41, 5.74) is 5.42. The number of fused-ring (bicyclic) bond motifs is 1. The minimum atomic E-state index is 0.197. The van der Waals surface area contributed by atoms with Gasteiger partial charge >= 0.3 is 0 Å². The van der Waals surface area contributed by atoms with Crippen molar-refractivity contribution >= 4 is 17.2 Å². The fraction of sp³-hybridized carbons (Fsp3) is 0.100. The van der Waals surface area contributed by atoms with E-state index in [1.54, 1.807) is 24.5 Å². The molecular formula is C20H18N4O. The Kier molecular flexibility index (Phi) is 3.61. The van der Waals surface area contributed by atoms with Crippen LogP contribution in [0.4, 0.5) is 11.5 Å². The molecule has 0 saturated carbocycles. The van der Waals surface area contributed by atoms with E-state index in [1.807, 2.05) is 22.7 Å². The van der Waals surface area contributed by atoms with Crippen LogP contribution in [0.1, 0.15) is 11.1 Å². The van der Waals surface area contributed by atoms with Crippen LogP contribution in [-0.2, 0) is 0 Å². The molecule has 0 aliphatic carbocycles. The number of aryl methyl sites for hydroxylation is 2. The maximum Gasteiger partial charge on any atom is 0.157 e. The summed E-state index contributed by atoms with van der Waals surface area (Å²) < 4.78 is 1.94. The molecule has 0 unspecified atom stereocenters. The first-order chi connectivity index (χ1) is 12.1. The van der Waals surface area contributed by atoms with Crippen LogP contribution in [-0.4, -0.2) is 19.5 Å². The minimum Gasteiger partial charge on any atom is -0.507 e. The number of rotatable bonds is 3. The molecule has 0 amide bonds. The molecule has 2 aromatic carbocycles. The van der Waals surface area contributed by atoms with Crippen molar-refractivity contribution < 1.29 is 5.11 Å². The van der Waals surface area contributed by atoms with Crippen LogP contribution >= 0.6 is 0 Å². The van der Waals surface area contributed by atoms with Crippen molar-refractivity contribution in [3.63, 3.8) is 0 Å². The quantitative estimate of drug-likeness (QED) is 0.582. The molecule has 25 heavy (non-hydrogen) atoms. The molecule has 2 N–H and O–H groups in total. The Hall–Kier alpha value is -3.34. The van der Waals surface area contributed by atoms with Gasteiger partial charge in [0.2, 0.25) is 0 Å². The molecule has 4 rings (SSSR count). The summed E-state index contributed by atoms with van der Waals surface area (Å²) >= 11 is 0. The third-order valence-electron chi connectivity index (χ3n) is 4.07. The van der Waals surface area contributed by atoms with E-state index >= 15 is 0 Å². The maximum absolute atomic E-state index is 10.3. The highest BCUT2D eigenvalue weighted by Crippen LogP contribution is 2.35. The fourth-order valence-electron chi connectivity index (χ4n) is 3.07. The first kappa shape index (κ1) is 15.2. The number of phenols is 1. The molecule has 0 spiro atoms. The van der Waals surface area contributed by atoms with Gasteiger partial charge in [-0.2, -0.15) is 0 Å². The van der Waals surface area contributed by atoms with Crippen molar-refractivity contribution in [2.45, 2.75) is 13.8 Å². The minimum absolute atomic E-state index is 0.197. The maximum atomic E-state index is 10.3. The number of aromatic nitrogens is 3. The van der Waals surface area contributed by atoms with Gasteiger partial charge in [0.05, 0.1) is 6.20 Å². The van der Waals surface area contributed by atoms with Crippen molar-refractivity contribution in [2.75, 3.05) is 5.32 Å². The number of imidazole rings is 1. The largest absolute Gasteiger partial charge is 0.507 e. The van der Waals surface area contributed by atoms with Gasteiger partial charge in [-0.25, -0.2) is 4.98 Å². The van der Waals surface area contributed by atoms with E-state index in [4.69, 9.17) is 0 Å². The lowest BCUT2D eigenvalue weighted by molar-refractivity contribution is 0.477. The summed E-state index contributed by atoms with van der Waals surface area (Å²) in [4.78, 5) is 8.81. The summed E-state index contributed by atoms with van der Waals surface area (Å²) in [6, 6.07) is 13.5. The number of phenolic OH excluding ortho intramolecular Hbond substituents is 1. The van der Waals surface area contributed by atoms with Gasteiger partial charge in [0.1, 0.15) is 17.3 Å². The van der Waals surface area contributed by atoms with Crippen LogP contribution in [0.25, 0.3) is 16.9 Å². The first-order valence-corrected chi connectivity index (χ1v) is 8.07. The van der Waals surface area contributed by atoms with E-state index in [0.717, 1.165) is 11.5 Å². The molecule has 0 aliphatic heterocycles. The van der Waals surface area contributed by atoms with E-state index in [0.29, 0.717) is 16.9 Å². The lowest BCUT2D eigenvalue weighted by Gasteiger charge is -2.11. The topological polar surface area (TPSA) is 62.5 Å². The number of hydrogen-bond donors (Lipinski definition) is 2. The van der Waals surface area contributed by atoms with E-state index < -0.39 is 0 Å². The molecule has 2 heterocycles. The molecule has 124 valence electrons. The van der Waals surface area contributed by atoms with Gasteiger partial charge in [-0.3, -0.25) is 9.38 Å². The molecule has 5 heteroatoms. The number of anilines is 2. The molecule has 2 aromatic heterocycles. The molecule has 5 nitrogen and oxygen atoms in total. The zero-order valence-corrected chi connectivity index (χ0v) is 14.1. The Labute approximate surface area is 145 Å². The predicted octanol–water partition coefficient (Wildman–Crippen LogP) is 4.46. The van der Waals surface area contributed by atoms with Crippen molar-refractivity contribution in [3.8, 4) is 17.0 Å². The van der Waals surface area contributed by atoms with Gasteiger partial charge in [-0.05, 0) is 49.2 Å². The zero-order valence-electron chi connectivity index (χ0n) is 14.1. The van der Waals surface area contributed by atoms with Crippen molar-refractivity contribution in [2.24, 2.45) is 0 Å². The average Bonchev–Trinajstić information content (AvgIpc) is 2.93. The SMILES string of the molecule is Cc1cc(C)cc(Nc2c(-c3ccccc3O)nc3cnccn23)c1. The number of nitrogens with one attached hydrogen (secondary N) is 1. The standard InChI is InChI=1S/C20H18N4O/c1-13-9-14(2)11-15(10-13)22-20-19(16-5-3-4-6-17(16)25)23-18-12-21-7-8-24(18)20/h3-12,22,25H,1-2H3. The van der Waals surface area contributed by atoms with E-state index in [1.165, 1.54) is 11.1 Å². The predicted molar refractivity (Wildman–Crippen MR) is 99.3 cm³/mol. The molecule has 0 fully saturated rings. The summed E-state index contributed by atoms with van der Waals surface area (Å²) in [5.74, 6) is 0.992. The van der Waals surface area contributed by atoms with E-state index in [2.05, 4.69) is 47.3 Å². The second kappa shape index (κ2) is 5.94. The van der Waals surface area contributed by atoms with Crippen LogP contribution in [0.15, 0.2) is 61.1 Å². The second-order valence-corrected chi connectivity index (χ2v) is 6.13. The van der Waals surface area contributed by atoms with Gasteiger partial charge in [0.25, 0.3) is 0 Å². The summed E-state index contributed by atoms with van der Waals surface area (Å²) in [7, 11) is 0. The van der Waals surface area contributed by atoms with Gasteiger partial charge in [0, 0.05) is 23.6 Å². The Morgan fingerprint density at radius 2 is 1.80 bits per heavy atom. The van der Waals surface area contributed by atoms with Crippen LogP contribution < -0.4 is 5.32 Å². The summed E-state index contributed by atoms with van der Waals surface area (Å²) in [6.07, 6.45) is 5.28. The molecule has 0 saturated heterocycles. The first-order valence-electron chi connectivity index (χ1n) is 8.07. The van der Waals surface area contributed by atoms with Crippen LogP contribution in [0.2, 0.25) is 0 Å². The molecule has 0 bridgehead atoms. The number of nitrogens with zero attached hydrogens (tertiary/aromatic N) is 3. The lowest BCUT2D eigenvalue weighted by atomic mass is 10.1. The third-order valence-corrected chi connectivity index (χ3v) is 4.07. The van der Waals surface area contributed by atoms with Gasteiger partial charge < -0.3 is 10.4 Å². The zero-order chi connectivity index (χ0) is 17.4.